The highest BCUT2D eigenvalue weighted by molar-refractivity contribution is 5.82. The summed E-state index contributed by atoms with van der Waals surface area (Å²) < 4.78 is 17.5. The second-order valence-electron chi connectivity index (χ2n) is 8.69. The van der Waals surface area contributed by atoms with Crippen molar-refractivity contribution < 1.29 is 39.5 Å². The zero-order chi connectivity index (χ0) is 25.0. The predicted molar refractivity (Wildman–Crippen MR) is 122 cm³/mol. The molecule has 0 aromatic heterocycles. The first kappa shape index (κ1) is 23.0. The number of ether oxygens (including phenoxy) is 3. The van der Waals surface area contributed by atoms with Gasteiger partial charge in [0.15, 0.2) is 11.2 Å². The first-order valence-electron chi connectivity index (χ1n) is 11.0. The van der Waals surface area contributed by atoms with Gasteiger partial charge < -0.3 is 29.5 Å². The number of fused-ring (bicyclic) bond motifs is 3. The standard InChI is InChI=1S/C26H25NO8/c1-33-17-12-18(34-2)22-19(13-17)35-26(15-8-10-16(28)11-9-15)21(14-6-4-3-5-7-14)20(24(30)27-32)23(29)25(22,26)31/h3-13,20-21,23,28-29,31-32H,1-2H3,(H,27,30)/t20-,21-,23+,25-,26-/m0/s1. The van der Waals surface area contributed by atoms with E-state index in [4.69, 9.17) is 14.2 Å². The van der Waals surface area contributed by atoms with E-state index in [1.54, 1.807) is 60.1 Å². The van der Waals surface area contributed by atoms with Gasteiger partial charge in [0.2, 0.25) is 5.91 Å². The molecule has 5 atom stereocenters. The van der Waals surface area contributed by atoms with E-state index in [-0.39, 0.29) is 22.8 Å². The summed E-state index contributed by atoms with van der Waals surface area (Å²) in [6.07, 6.45) is -1.72. The highest BCUT2D eigenvalue weighted by Crippen LogP contribution is 2.70. The van der Waals surface area contributed by atoms with Crippen LogP contribution in [0.5, 0.6) is 23.0 Å². The highest BCUT2D eigenvalue weighted by atomic mass is 16.5. The molecule has 9 nitrogen and oxygen atoms in total. The van der Waals surface area contributed by atoms with Crippen molar-refractivity contribution in [3.63, 3.8) is 0 Å². The minimum absolute atomic E-state index is 0.0112. The molecule has 1 amide bonds. The maximum Gasteiger partial charge on any atom is 0.249 e. The summed E-state index contributed by atoms with van der Waals surface area (Å²) in [5, 5.41) is 43.7. The average molecular weight is 479 g/mol. The summed E-state index contributed by atoms with van der Waals surface area (Å²) in [6.45, 7) is 0. The number of hydroxylamine groups is 1. The SMILES string of the molecule is COc1cc(OC)c2c(c1)O[C@@]1(c3ccc(O)cc3)[C@@H](c3ccccc3)[C@H](C(=O)NO)[C@@H](O)[C@@]21O. The average Bonchev–Trinajstić information content (AvgIpc) is 3.26. The summed E-state index contributed by atoms with van der Waals surface area (Å²) in [5.74, 6) is -2.38. The van der Waals surface area contributed by atoms with E-state index in [2.05, 4.69) is 0 Å². The number of phenols is 1. The van der Waals surface area contributed by atoms with Crippen molar-refractivity contribution in [1.82, 2.24) is 5.48 Å². The molecule has 1 fully saturated rings. The number of nitrogens with one attached hydrogen (secondary N) is 1. The summed E-state index contributed by atoms with van der Waals surface area (Å²) in [7, 11) is 2.89. The molecule has 1 aliphatic carbocycles. The molecule has 1 heterocycles. The molecule has 182 valence electrons. The van der Waals surface area contributed by atoms with Crippen molar-refractivity contribution >= 4 is 5.91 Å². The van der Waals surface area contributed by atoms with Crippen LogP contribution in [-0.4, -0.2) is 46.8 Å². The molecule has 3 aromatic rings. The minimum atomic E-state index is -2.20. The second kappa shape index (κ2) is 8.16. The fourth-order valence-corrected chi connectivity index (χ4v) is 5.74. The van der Waals surface area contributed by atoms with Gasteiger partial charge in [-0.1, -0.05) is 42.5 Å². The molecule has 5 N–H and O–H groups in total. The van der Waals surface area contributed by atoms with Crippen LogP contribution in [0.4, 0.5) is 0 Å². The van der Waals surface area contributed by atoms with Crippen molar-refractivity contribution in [3.05, 3.63) is 83.4 Å². The second-order valence-corrected chi connectivity index (χ2v) is 8.69. The lowest BCUT2D eigenvalue weighted by atomic mass is 9.70. The molecule has 35 heavy (non-hydrogen) atoms. The molecule has 9 heteroatoms. The van der Waals surface area contributed by atoms with Crippen molar-refractivity contribution in [2.75, 3.05) is 14.2 Å². The number of aliphatic hydroxyl groups excluding tert-OH is 1. The zero-order valence-electron chi connectivity index (χ0n) is 19.0. The van der Waals surface area contributed by atoms with E-state index in [0.29, 0.717) is 16.9 Å². The Morgan fingerprint density at radius 3 is 2.31 bits per heavy atom. The number of methoxy groups -OCH3 is 2. The Morgan fingerprint density at radius 1 is 1.03 bits per heavy atom. The lowest BCUT2D eigenvalue weighted by molar-refractivity contribution is -0.156. The Bertz CT molecular complexity index is 1260. The van der Waals surface area contributed by atoms with Gasteiger partial charge in [0, 0.05) is 18.1 Å². The number of amides is 1. The van der Waals surface area contributed by atoms with Crippen molar-refractivity contribution in [1.29, 1.82) is 0 Å². The molecule has 0 radical (unpaired) electrons. The van der Waals surface area contributed by atoms with Crippen LogP contribution in [0.15, 0.2) is 66.7 Å². The van der Waals surface area contributed by atoms with Gasteiger partial charge in [-0.2, -0.15) is 0 Å². The fraction of sp³-hybridized carbons (Fsp3) is 0.269. The van der Waals surface area contributed by atoms with E-state index in [9.17, 15) is 25.3 Å². The molecule has 2 aliphatic rings. The van der Waals surface area contributed by atoms with Crippen LogP contribution in [0.3, 0.4) is 0 Å². The fourth-order valence-electron chi connectivity index (χ4n) is 5.74. The Labute approximate surface area is 201 Å². The monoisotopic (exact) mass is 479 g/mol. The molecule has 5 rings (SSSR count). The zero-order valence-corrected chi connectivity index (χ0v) is 19.0. The number of aliphatic hydroxyl groups is 2. The number of phenolic OH excluding ortho intramolecular Hbond substituents is 1. The smallest absolute Gasteiger partial charge is 0.249 e. The third-order valence-corrected chi connectivity index (χ3v) is 7.15. The van der Waals surface area contributed by atoms with Gasteiger partial charge in [0.1, 0.15) is 29.1 Å². The highest BCUT2D eigenvalue weighted by Gasteiger charge is 2.78. The van der Waals surface area contributed by atoms with Gasteiger partial charge in [-0.15, -0.1) is 0 Å². The van der Waals surface area contributed by atoms with Crippen LogP contribution < -0.4 is 19.7 Å². The number of hydrogen-bond acceptors (Lipinski definition) is 8. The van der Waals surface area contributed by atoms with Crippen LogP contribution in [0.25, 0.3) is 0 Å². The first-order valence-corrected chi connectivity index (χ1v) is 11.0. The number of carbonyl (C=O) groups is 1. The minimum Gasteiger partial charge on any atom is -0.508 e. The van der Waals surface area contributed by atoms with E-state index >= 15 is 0 Å². The summed E-state index contributed by atoms with van der Waals surface area (Å²) in [4.78, 5) is 13.0. The molecule has 3 aromatic carbocycles. The van der Waals surface area contributed by atoms with E-state index in [0.717, 1.165) is 0 Å². The summed E-state index contributed by atoms with van der Waals surface area (Å²) in [5.41, 5.74) is -1.18. The largest absolute Gasteiger partial charge is 0.508 e. The Morgan fingerprint density at radius 2 is 1.71 bits per heavy atom. The lowest BCUT2D eigenvalue weighted by Gasteiger charge is -2.40. The molecule has 1 saturated carbocycles. The van der Waals surface area contributed by atoms with Gasteiger partial charge in [0.25, 0.3) is 0 Å². The Balaban J connectivity index is 1.89. The van der Waals surface area contributed by atoms with E-state index in [1.165, 1.54) is 26.4 Å². The normalized spacial score (nSPS) is 28.5. The summed E-state index contributed by atoms with van der Waals surface area (Å²) >= 11 is 0. The molecule has 1 aliphatic heterocycles. The van der Waals surface area contributed by atoms with Crippen LogP contribution in [-0.2, 0) is 16.0 Å². The number of benzene rings is 3. The topological polar surface area (TPSA) is 138 Å². The van der Waals surface area contributed by atoms with Crippen LogP contribution in [0, 0.1) is 5.92 Å². The van der Waals surface area contributed by atoms with E-state index < -0.39 is 35.0 Å². The predicted octanol–water partition coefficient (Wildman–Crippen LogP) is 2.16. The van der Waals surface area contributed by atoms with Crippen LogP contribution >= 0.6 is 0 Å². The lowest BCUT2D eigenvalue weighted by Crippen LogP contribution is -2.52. The third-order valence-electron chi connectivity index (χ3n) is 7.15. The first-order chi connectivity index (χ1) is 16.8. The quantitative estimate of drug-likeness (QED) is 0.277. The number of aromatic hydroxyl groups is 1. The van der Waals surface area contributed by atoms with Crippen LogP contribution in [0.2, 0.25) is 0 Å². The van der Waals surface area contributed by atoms with Gasteiger partial charge in [0.05, 0.1) is 25.7 Å². The molecule has 0 bridgehead atoms. The molecular formula is C26H25NO8. The Hall–Kier alpha value is -3.79. The van der Waals surface area contributed by atoms with Gasteiger partial charge in [-0.3, -0.25) is 10.0 Å². The molecule has 0 unspecified atom stereocenters. The van der Waals surface area contributed by atoms with Gasteiger partial charge in [-0.05, 0) is 23.3 Å². The molecular weight excluding hydrogens is 454 g/mol. The number of hydrogen-bond donors (Lipinski definition) is 5. The molecule has 0 spiro atoms. The van der Waals surface area contributed by atoms with Crippen LogP contribution in [0.1, 0.15) is 22.6 Å². The number of rotatable bonds is 5. The maximum atomic E-state index is 13.0. The van der Waals surface area contributed by atoms with Gasteiger partial charge >= 0.3 is 0 Å². The van der Waals surface area contributed by atoms with Crippen molar-refractivity contribution in [2.45, 2.75) is 23.2 Å². The molecule has 0 saturated heterocycles. The van der Waals surface area contributed by atoms with E-state index in [1.807, 2.05) is 0 Å². The van der Waals surface area contributed by atoms with Gasteiger partial charge in [-0.25, -0.2) is 5.48 Å². The maximum absolute atomic E-state index is 13.0. The summed E-state index contributed by atoms with van der Waals surface area (Å²) in [6, 6.07) is 18.0. The van der Waals surface area contributed by atoms with Crippen molar-refractivity contribution in [2.24, 2.45) is 5.92 Å². The third kappa shape index (κ3) is 2.95. The number of carbonyl (C=O) groups excluding carboxylic acids is 1. The van der Waals surface area contributed by atoms with Crippen molar-refractivity contribution in [3.8, 4) is 23.0 Å². The Kier molecular flexibility index (Phi) is 5.36.